The fourth-order valence-corrected chi connectivity index (χ4v) is 4.35. The lowest BCUT2D eigenvalue weighted by Crippen LogP contribution is -2.26. The quantitative estimate of drug-likeness (QED) is 0.426. The topological polar surface area (TPSA) is 78.9 Å². The summed E-state index contributed by atoms with van der Waals surface area (Å²) >= 11 is 1.35. The third kappa shape index (κ3) is 5.57. The smallest absolute Gasteiger partial charge is 0.263 e. The molecule has 0 aliphatic rings. The van der Waals surface area contributed by atoms with Gasteiger partial charge >= 0.3 is 0 Å². The largest absolute Gasteiger partial charge is 0.493 e. The number of nitrogens with one attached hydrogen (secondary N) is 1. The molecule has 3 aromatic rings. The molecule has 8 heteroatoms. The zero-order chi connectivity index (χ0) is 24.0. The number of benzene rings is 2. The molecule has 0 spiro atoms. The number of aromatic nitrogens is 1. The van der Waals surface area contributed by atoms with Gasteiger partial charge < -0.3 is 24.3 Å². The molecule has 1 unspecified atom stereocenters. The summed E-state index contributed by atoms with van der Waals surface area (Å²) in [5, 5.41) is 3.81. The number of carbonyl (C=O) groups is 1. The Morgan fingerprint density at radius 3 is 2.30 bits per heavy atom. The molecule has 0 radical (unpaired) electrons. The zero-order valence-corrected chi connectivity index (χ0v) is 20.7. The van der Waals surface area contributed by atoms with Gasteiger partial charge in [0.15, 0.2) is 23.0 Å². The summed E-state index contributed by atoms with van der Waals surface area (Å²) in [5.74, 6) is 2.45. The fraction of sp³-hybridized carbons (Fsp3) is 0.360. The highest BCUT2D eigenvalue weighted by atomic mass is 32.1. The van der Waals surface area contributed by atoms with E-state index in [4.69, 9.17) is 18.9 Å². The highest BCUT2D eigenvalue weighted by molar-refractivity contribution is 7.17. The monoisotopic (exact) mass is 470 g/mol. The van der Waals surface area contributed by atoms with Crippen LogP contribution in [0.2, 0.25) is 0 Å². The number of ether oxygens (including phenoxy) is 4. The number of aryl methyl sites for hydroxylation is 1. The van der Waals surface area contributed by atoms with E-state index in [1.165, 1.54) is 11.3 Å². The Morgan fingerprint density at radius 2 is 1.64 bits per heavy atom. The zero-order valence-electron chi connectivity index (χ0n) is 19.9. The molecule has 1 N–H and O–H groups in total. The highest BCUT2D eigenvalue weighted by Crippen LogP contribution is 2.35. The summed E-state index contributed by atoms with van der Waals surface area (Å²) in [5.41, 5.74) is 2.47. The van der Waals surface area contributed by atoms with Crippen molar-refractivity contribution >= 4 is 17.2 Å². The number of nitrogens with zero attached hydrogens (tertiary/aromatic N) is 1. The summed E-state index contributed by atoms with van der Waals surface area (Å²) in [6.07, 6.45) is 0. The van der Waals surface area contributed by atoms with Gasteiger partial charge in [-0.1, -0.05) is 6.07 Å². The second-order valence-corrected chi connectivity index (χ2v) is 8.27. The van der Waals surface area contributed by atoms with Crippen LogP contribution in [0.15, 0.2) is 36.4 Å². The van der Waals surface area contributed by atoms with Crippen LogP contribution >= 0.6 is 11.3 Å². The Kier molecular flexibility index (Phi) is 8.16. The molecule has 0 fully saturated rings. The van der Waals surface area contributed by atoms with Crippen LogP contribution in [0.1, 0.15) is 47.7 Å². The third-order valence-electron chi connectivity index (χ3n) is 5.05. The van der Waals surface area contributed by atoms with Crippen molar-refractivity contribution in [3.8, 4) is 33.6 Å². The molecule has 0 saturated heterocycles. The van der Waals surface area contributed by atoms with Gasteiger partial charge in [0.05, 0.1) is 39.2 Å². The molecule has 7 nitrogen and oxygen atoms in total. The third-order valence-corrected chi connectivity index (χ3v) is 6.25. The molecule has 0 saturated carbocycles. The molecule has 1 heterocycles. The Morgan fingerprint density at radius 1 is 0.970 bits per heavy atom. The minimum atomic E-state index is -0.224. The van der Waals surface area contributed by atoms with E-state index in [1.807, 2.05) is 64.1 Å². The van der Waals surface area contributed by atoms with Gasteiger partial charge in [-0.05, 0) is 63.6 Å². The Labute approximate surface area is 198 Å². The van der Waals surface area contributed by atoms with Crippen molar-refractivity contribution in [1.82, 2.24) is 10.3 Å². The van der Waals surface area contributed by atoms with Crippen molar-refractivity contribution in [2.75, 3.05) is 27.4 Å². The summed E-state index contributed by atoms with van der Waals surface area (Å²) in [6.45, 7) is 8.72. The maximum absolute atomic E-state index is 13.1. The summed E-state index contributed by atoms with van der Waals surface area (Å²) in [4.78, 5) is 18.2. The first kappa shape index (κ1) is 24.4. The second-order valence-electron chi connectivity index (χ2n) is 7.27. The van der Waals surface area contributed by atoms with Crippen LogP contribution in [0.3, 0.4) is 0 Å². The first-order valence-corrected chi connectivity index (χ1v) is 11.6. The minimum Gasteiger partial charge on any atom is -0.493 e. The van der Waals surface area contributed by atoms with Gasteiger partial charge in [0, 0.05) is 5.56 Å². The molecule has 33 heavy (non-hydrogen) atoms. The highest BCUT2D eigenvalue weighted by Gasteiger charge is 2.20. The van der Waals surface area contributed by atoms with Gasteiger partial charge in [0.25, 0.3) is 5.91 Å². The van der Waals surface area contributed by atoms with Crippen LogP contribution in [-0.2, 0) is 0 Å². The average molecular weight is 471 g/mol. The second kappa shape index (κ2) is 11.0. The standard InChI is InChI=1S/C25H30N2O5S/c1-7-31-20-12-9-17(13-22(20)32-8-2)15(3)26-24(28)23-16(4)27-25(33-23)18-10-11-19(29-5)21(14-18)30-6/h9-15H,7-8H2,1-6H3,(H,26,28). The number of hydrogen-bond acceptors (Lipinski definition) is 7. The van der Waals surface area contributed by atoms with Crippen LogP contribution in [0.25, 0.3) is 10.6 Å². The first-order valence-electron chi connectivity index (χ1n) is 10.8. The molecular weight excluding hydrogens is 440 g/mol. The lowest BCUT2D eigenvalue weighted by atomic mass is 10.1. The van der Waals surface area contributed by atoms with Crippen LogP contribution in [0.5, 0.6) is 23.0 Å². The van der Waals surface area contributed by atoms with Crippen molar-refractivity contribution < 1.29 is 23.7 Å². The summed E-state index contributed by atoms with van der Waals surface area (Å²) in [7, 11) is 3.18. The van der Waals surface area contributed by atoms with E-state index in [1.54, 1.807) is 14.2 Å². The van der Waals surface area contributed by atoms with Crippen molar-refractivity contribution in [2.45, 2.75) is 33.7 Å². The predicted octanol–water partition coefficient (Wildman–Crippen LogP) is 5.42. The van der Waals surface area contributed by atoms with E-state index in [-0.39, 0.29) is 11.9 Å². The molecular formula is C25H30N2O5S. The van der Waals surface area contributed by atoms with Gasteiger partial charge in [0.1, 0.15) is 9.88 Å². The van der Waals surface area contributed by atoms with Crippen LogP contribution in [0.4, 0.5) is 0 Å². The number of hydrogen-bond donors (Lipinski definition) is 1. The van der Waals surface area contributed by atoms with Crippen molar-refractivity contribution in [3.63, 3.8) is 0 Å². The molecule has 0 aliphatic carbocycles. The molecule has 1 atom stereocenters. The van der Waals surface area contributed by atoms with Crippen molar-refractivity contribution in [3.05, 3.63) is 52.5 Å². The van der Waals surface area contributed by atoms with E-state index in [0.717, 1.165) is 16.1 Å². The normalized spacial score (nSPS) is 11.6. The lowest BCUT2D eigenvalue weighted by Gasteiger charge is -2.17. The number of carbonyl (C=O) groups excluding carboxylic acids is 1. The van der Waals surface area contributed by atoms with Gasteiger partial charge in [-0.25, -0.2) is 4.98 Å². The summed E-state index contributed by atoms with van der Waals surface area (Å²) in [6, 6.07) is 11.1. The number of methoxy groups -OCH3 is 2. The Hall–Kier alpha value is -3.26. The predicted molar refractivity (Wildman–Crippen MR) is 130 cm³/mol. The maximum Gasteiger partial charge on any atom is 0.263 e. The van der Waals surface area contributed by atoms with Crippen molar-refractivity contribution in [2.24, 2.45) is 0 Å². The SMILES string of the molecule is CCOc1ccc(C(C)NC(=O)c2sc(-c3ccc(OC)c(OC)c3)nc2C)cc1OCC. The average Bonchev–Trinajstić information content (AvgIpc) is 3.21. The summed E-state index contributed by atoms with van der Waals surface area (Å²) < 4.78 is 22.0. The molecule has 1 amide bonds. The molecule has 0 bridgehead atoms. The fourth-order valence-electron chi connectivity index (χ4n) is 3.38. The van der Waals surface area contributed by atoms with Gasteiger partial charge in [-0.3, -0.25) is 4.79 Å². The molecule has 1 aromatic heterocycles. The van der Waals surface area contributed by atoms with E-state index >= 15 is 0 Å². The maximum atomic E-state index is 13.1. The molecule has 3 rings (SSSR count). The van der Waals surface area contributed by atoms with Gasteiger partial charge in [-0.2, -0.15) is 0 Å². The minimum absolute atomic E-state index is 0.170. The van der Waals surface area contributed by atoms with Crippen molar-refractivity contribution in [1.29, 1.82) is 0 Å². The number of amides is 1. The van der Waals surface area contributed by atoms with E-state index in [9.17, 15) is 4.79 Å². The van der Waals surface area contributed by atoms with Crippen LogP contribution in [0, 0.1) is 6.92 Å². The van der Waals surface area contributed by atoms with Gasteiger partial charge in [-0.15, -0.1) is 11.3 Å². The lowest BCUT2D eigenvalue weighted by molar-refractivity contribution is 0.0943. The number of rotatable bonds is 10. The van der Waals surface area contributed by atoms with E-state index in [2.05, 4.69) is 10.3 Å². The molecule has 176 valence electrons. The van der Waals surface area contributed by atoms with Gasteiger partial charge in [0.2, 0.25) is 0 Å². The molecule has 2 aromatic carbocycles. The molecule has 0 aliphatic heterocycles. The Balaban J connectivity index is 1.80. The van der Waals surface area contributed by atoms with Crippen LogP contribution < -0.4 is 24.3 Å². The number of thiazole rings is 1. The Bertz CT molecular complexity index is 1110. The van der Waals surface area contributed by atoms with E-state index in [0.29, 0.717) is 46.8 Å². The first-order chi connectivity index (χ1) is 15.9. The van der Waals surface area contributed by atoms with Crippen LogP contribution in [-0.4, -0.2) is 38.3 Å². The van der Waals surface area contributed by atoms with E-state index < -0.39 is 0 Å².